The first-order chi connectivity index (χ1) is 11.9. The summed E-state index contributed by atoms with van der Waals surface area (Å²) in [5.41, 5.74) is -0.955. The Bertz CT molecular complexity index is 742. The van der Waals surface area contributed by atoms with Gasteiger partial charge in [0.1, 0.15) is 5.82 Å². The van der Waals surface area contributed by atoms with Crippen LogP contribution in [0.25, 0.3) is 0 Å². The average Bonchev–Trinajstić information content (AvgIpc) is 2.77. The van der Waals surface area contributed by atoms with E-state index in [2.05, 4.69) is 10.3 Å². The number of fused-ring (bicyclic) bond motifs is 1. The topological polar surface area (TPSA) is 105 Å². The Hall–Kier alpha value is -2.16. The molecule has 2 N–H and O–H groups in total. The zero-order valence-corrected chi connectivity index (χ0v) is 14.2. The summed E-state index contributed by atoms with van der Waals surface area (Å²) in [6, 6.07) is 3.50. The number of hydrogen-bond donors (Lipinski definition) is 2. The summed E-state index contributed by atoms with van der Waals surface area (Å²) in [5, 5.41) is 22.6. The molecule has 1 aliphatic carbocycles. The molecule has 1 amide bonds. The van der Waals surface area contributed by atoms with E-state index in [0.717, 1.165) is 37.8 Å². The SMILES string of the molecule is O=C(O)NC1=N[C@@]2(c3cc([N+](=O)[O-])ccc3F)CCCCC[C@H]2CS1. The lowest BCUT2D eigenvalue weighted by Gasteiger charge is -2.40. The average molecular weight is 367 g/mol. The number of benzene rings is 1. The van der Waals surface area contributed by atoms with Crippen LogP contribution in [-0.2, 0) is 5.54 Å². The summed E-state index contributed by atoms with van der Waals surface area (Å²) in [6.07, 6.45) is 2.93. The quantitative estimate of drug-likeness (QED) is 0.610. The van der Waals surface area contributed by atoms with E-state index in [0.29, 0.717) is 12.2 Å². The lowest BCUT2D eigenvalue weighted by molar-refractivity contribution is -0.385. The van der Waals surface area contributed by atoms with Gasteiger partial charge in [0.05, 0.1) is 10.5 Å². The molecule has 0 spiro atoms. The number of carbonyl (C=O) groups is 1. The number of non-ortho nitro benzene ring substituents is 1. The second-order valence-electron chi connectivity index (χ2n) is 6.30. The standard InChI is InChI=1S/C16H18FN3O4S/c17-13-6-5-11(20(23)24)8-12(13)16-7-3-1-2-4-10(16)9-25-14(19-16)18-15(21)22/h5-6,8,10H,1-4,7,9H2,(H,18,19)(H,21,22)/t10-,16-/m0/s1. The highest BCUT2D eigenvalue weighted by Crippen LogP contribution is 2.49. The molecule has 1 aromatic rings. The van der Waals surface area contributed by atoms with Crippen molar-refractivity contribution in [3.63, 3.8) is 0 Å². The van der Waals surface area contributed by atoms with Crippen LogP contribution < -0.4 is 5.32 Å². The molecule has 0 radical (unpaired) electrons. The minimum Gasteiger partial charge on any atom is -0.465 e. The first kappa shape index (κ1) is 17.7. The molecule has 1 heterocycles. The number of carboxylic acid groups (broad SMARTS) is 1. The number of amides is 1. The third-order valence-corrected chi connectivity index (χ3v) is 5.89. The van der Waals surface area contributed by atoms with E-state index in [1.165, 1.54) is 17.8 Å². The Kier molecular flexibility index (Phi) is 4.94. The molecule has 1 fully saturated rings. The summed E-state index contributed by atoms with van der Waals surface area (Å²) in [5.74, 6) is 0.0695. The second kappa shape index (κ2) is 6.99. The molecule has 25 heavy (non-hydrogen) atoms. The predicted octanol–water partition coefficient (Wildman–Crippen LogP) is 3.88. The maximum absolute atomic E-state index is 14.7. The van der Waals surface area contributed by atoms with Crippen molar-refractivity contribution < 1.29 is 19.2 Å². The Balaban J connectivity index is 2.15. The van der Waals surface area contributed by atoms with E-state index in [1.54, 1.807) is 0 Å². The number of nitrogens with zero attached hydrogens (tertiary/aromatic N) is 2. The largest absolute Gasteiger partial charge is 0.465 e. The van der Waals surface area contributed by atoms with Crippen LogP contribution >= 0.6 is 11.8 Å². The Morgan fingerprint density at radius 1 is 1.44 bits per heavy atom. The smallest absolute Gasteiger partial charge is 0.410 e. The molecule has 2 atom stereocenters. The molecule has 0 unspecified atom stereocenters. The summed E-state index contributed by atoms with van der Waals surface area (Å²) >= 11 is 1.30. The molecule has 2 aliphatic rings. The fourth-order valence-corrected chi connectivity index (χ4v) is 4.88. The fourth-order valence-electron chi connectivity index (χ4n) is 3.70. The van der Waals surface area contributed by atoms with Gasteiger partial charge < -0.3 is 5.11 Å². The van der Waals surface area contributed by atoms with Gasteiger partial charge >= 0.3 is 6.09 Å². The summed E-state index contributed by atoms with van der Waals surface area (Å²) in [6.45, 7) is 0. The molecule has 134 valence electrons. The van der Waals surface area contributed by atoms with Gasteiger partial charge in [0.25, 0.3) is 5.69 Å². The summed E-state index contributed by atoms with van der Waals surface area (Å²) < 4.78 is 14.7. The lowest BCUT2D eigenvalue weighted by atomic mass is 9.75. The molecule has 7 nitrogen and oxygen atoms in total. The Labute approximate surface area is 147 Å². The molecule has 1 aliphatic heterocycles. The molecular formula is C16H18FN3O4S. The molecular weight excluding hydrogens is 349 g/mol. The number of thioether (sulfide) groups is 1. The Morgan fingerprint density at radius 3 is 2.96 bits per heavy atom. The van der Waals surface area contributed by atoms with Gasteiger partial charge in [0, 0.05) is 23.4 Å². The molecule has 1 aromatic carbocycles. The van der Waals surface area contributed by atoms with Crippen LogP contribution in [0.5, 0.6) is 0 Å². The zero-order valence-electron chi connectivity index (χ0n) is 13.4. The first-order valence-corrected chi connectivity index (χ1v) is 9.08. The van der Waals surface area contributed by atoms with E-state index in [9.17, 15) is 19.3 Å². The number of nitrogens with one attached hydrogen (secondary N) is 1. The summed E-state index contributed by atoms with van der Waals surface area (Å²) in [4.78, 5) is 26.2. The third kappa shape index (κ3) is 3.46. The van der Waals surface area contributed by atoms with Gasteiger partial charge in [0.15, 0.2) is 5.17 Å². The molecule has 0 bridgehead atoms. The molecule has 9 heteroatoms. The van der Waals surface area contributed by atoms with Gasteiger partial charge in [-0.15, -0.1) is 0 Å². The number of amidine groups is 1. The number of aliphatic imine (C=N–C) groups is 1. The van der Waals surface area contributed by atoms with E-state index in [1.807, 2.05) is 0 Å². The van der Waals surface area contributed by atoms with Crippen LogP contribution in [-0.4, -0.2) is 27.0 Å². The van der Waals surface area contributed by atoms with Crippen molar-refractivity contribution in [2.75, 3.05) is 5.75 Å². The molecule has 0 saturated heterocycles. The molecule has 1 saturated carbocycles. The maximum atomic E-state index is 14.7. The van der Waals surface area contributed by atoms with Crippen molar-refractivity contribution in [1.29, 1.82) is 0 Å². The van der Waals surface area contributed by atoms with Crippen LogP contribution in [0.15, 0.2) is 23.2 Å². The minimum absolute atomic E-state index is 0.0100. The molecule has 0 aromatic heterocycles. The zero-order chi connectivity index (χ0) is 18.0. The highest BCUT2D eigenvalue weighted by atomic mass is 32.2. The van der Waals surface area contributed by atoms with E-state index in [4.69, 9.17) is 5.11 Å². The highest BCUT2D eigenvalue weighted by molar-refractivity contribution is 8.13. The third-order valence-electron chi connectivity index (χ3n) is 4.85. The Morgan fingerprint density at radius 2 is 2.24 bits per heavy atom. The van der Waals surface area contributed by atoms with Gasteiger partial charge in [0.2, 0.25) is 0 Å². The van der Waals surface area contributed by atoms with E-state index in [-0.39, 0.29) is 22.3 Å². The summed E-state index contributed by atoms with van der Waals surface area (Å²) in [7, 11) is 0. The van der Waals surface area contributed by atoms with Crippen LogP contribution in [0.1, 0.15) is 37.7 Å². The number of halogens is 1. The van der Waals surface area contributed by atoms with Gasteiger partial charge in [-0.05, 0) is 24.8 Å². The van der Waals surface area contributed by atoms with Crippen molar-refractivity contribution in [1.82, 2.24) is 5.32 Å². The fraction of sp³-hybridized carbons (Fsp3) is 0.500. The van der Waals surface area contributed by atoms with Gasteiger partial charge in [-0.3, -0.25) is 20.4 Å². The van der Waals surface area contributed by atoms with E-state index < -0.39 is 22.4 Å². The first-order valence-electron chi connectivity index (χ1n) is 8.09. The van der Waals surface area contributed by atoms with Crippen molar-refractivity contribution in [2.45, 2.75) is 37.6 Å². The van der Waals surface area contributed by atoms with Crippen LogP contribution in [0.3, 0.4) is 0 Å². The minimum atomic E-state index is -1.23. The van der Waals surface area contributed by atoms with Gasteiger partial charge in [-0.25, -0.2) is 9.18 Å². The number of nitro groups is 1. The monoisotopic (exact) mass is 367 g/mol. The lowest BCUT2D eigenvalue weighted by Crippen LogP contribution is -2.42. The van der Waals surface area contributed by atoms with Gasteiger partial charge in [-0.1, -0.05) is 31.0 Å². The van der Waals surface area contributed by atoms with Crippen molar-refractivity contribution in [3.8, 4) is 0 Å². The normalized spacial score (nSPS) is 26.1. The van der Waals surface area contributed by atoms with Crippen LogP contribution in [0.4, 0.5) is 14.9 Å². The van der Waals surface area contributed by atoms with Crippen LogP contribution in [0.2, 0.25) is 0 Å². The number of hydrogen-bond acceptors (Lipinski definition) is 5. The van der Waals surface area contributed by atoms with E-state index >= 15 is 0 Å². The second-order valence-corrected chi connectivity index (χ2v) is 7.31. The van der Waals surface area contributed by atoms with Crippen LogP contribution in [0, 0.1) is 21.8 Å². The van der Waals surface area contributed by atoms with Crippen molar-refractivity contribution >= 4 is 28.7 Å². The van der Waals surface area contributed by atoms with Gasteiger partial charge in [-0.2, -0.15) is 0 Å². The molecule has 3 rings (SSSR count). The maximum Gasteiger partial charge on any atom is 0.410 e. The van der Waals surface area contributed by atoms with Crippen molar-refractivity contribution in [2.24, 2.45) is 10.9 Å². The van der Waals surface area contributed by atoms with Crippen molar-refractivity contribution in [3.05, 3.63) is 39.7 Å². The number of nitro benzene ring substituents is 1. The highest BCUT2D eigenvalue weighted by Gasteiger charge is 2.46. The number of rotatable bonds is 2. The predicted molar refractivity (Wildman–Crippen MR) is 92.4 cm³/mol.